The van der Waals surface area contributed by atoms with E-state index >= 15 is 0 Å². The molecule has 5 nitrogen and oxygen atoms in total. The van der Waals surface area contributed by atoms with Crippen LogP contribution in [-0.4, -0.2) is 39.7 Å². The van der Waals surface area contributed by atoms with Crippen molar-refractivity contribution in [2.24, 2.45) is 5.41 Å². The van der Waals surface area contributed by atoms with E-state index in [1.54, 1.807) is 4.90 Å². The van der Waals surface area contributed by atoms with Gasteiger partial charge >= 0.3 is 6.09 Å². The lowest BCUT2D eigenvalue weighted by molar-refractivity contribution is 0.0219. The highest BCUT2D eigenvalue weighted by Gasteiger charge is 2.34. The number of rotatable bonds is 1. The lowest BCUT2D eigenvalue weighted by atomic mass is 9.78. The number of aryl methyl sites for hydroxylation is 1. The van der Waals surface area contributed by atoms with E-state index in [1.807, 2.05) is 40.1 Å². The van der Waals surface area contributed by atoms with Crippen molar-refractivity contribution < 1.29 is 9.53 Å². The van der Waals surface area contributed by atoms with Crippen molar-refractivity contribution >= 4 is 11.7 Å². The number of hydrogen-bond donors (Lipinski definition) is 0. The molecule has 2 heterocycles. The Bertz CT molecular complexity index is 583. The maximum atomic E-state index is 12.2. The Morgan fingerprint density at radius 2 is 1.86 bits per heavy atom. The van der Waals surface area contributed by atoms with Gasteiger partial charge in [-0.2, -0.15) is 0 Å². The number of hydrogen-bond acceptors (Lipinski definition) is 4. The number of nitrogens with zero attached hydrogens (tertiary/aromatic N) is 3. The molecule has 0 aliphatic carbocycles. The van der Waals surface area contributed by atoms with Gasteiger partial charge in [-0.1, -0.05) is 19.9 Å². The van der Waals surface area contributed by atoms with Crippen LogP contribution in [0.25, 0.3) is 5.57 Å². The lowest BCUT2D eigenvalue weighted by Crippen LogP contribution is -2.45. The van der Waals surface area contributed by atoms with Crippen LogP contribution in [0.15, 0.2) is 18.5 Å². The summed E-state index contributed by atoms with van der Waals surface area (Å²) in [7, 11) is 0. The zero-order valence-corrected chi connectivity index (χ0v) is 14.3. The van der Waals surface area contributed by atoms with E-state index in [1.165, 1.54) is 5.57 Å². The highest BCUT2D eigenvalue weighted by atomic mass is 16.6. The minimum atomic E-state index is -0.476. The van der Waals surface area contributed by atoms with Gasteiger partial charge in [0.05, 0.1) is 0 Å². The predicted molar refractivity (Wildman–Crippen MR) is 86.3 cm³/mol. The van der Waals surface area contributed by atoms with Crippen molar-refractivity contribution in [2.75, 3.05) is 13.1 Å². The van der Waals surface area contributed by atoms with Crippen molar-refractivity contribution in [1.82, 2.24) is 14.9 Å². The van der Waals surface area contributed by atoms with E-state index in [0.717, 1.165) is 11.4 Å². The maximum absolute atomic E-state index is 12.2. The van der Waals surface area contributed by atoms with Crippen LogP contribution in [0.5, 0.6) is 0 Å². The number of amides is 1. The Kier molecular flexibility index (Phi) is 4.27. The second kappa shape index (κ2) is 5.71. The summed E-state index contributed by atoms with van der Waals surface area (Å²) in [5, 5.41) is 0. The average molecular weight is 303 g/mol. The molecule has 0 spiro atoms. The highest BCUT2D eigenvalue weighted by molar-refractivity contribution is 5.74. The number of ether oxygens (including phenoxy) is 1. The summed E-state index contributed by atoms with van der Waals surface area (Å²) in [4.78, 5) is 22.5. The third-order valence-electron chi connectivity index (χ3n) is 3.57. The maximum Gasteiger partial charge on any atom is 0.410 e. The Morgan fingerprint density at radius 3 is 2.36 bits per heavy atom. The van der Waals surface area contributed by atoms with Crippen molar-refractivity contribution in [3.8, 4) is 0 Å². The Labute approximate surface area is 132 Å². The molecule has 2 rings (SSSR count). The lowest BCUT2D eigenvalue weighted by Gasteiger charge is -2.39. The molecule has 1 aromatic heterocycles. The zero-order valence-electron chi connectivity index (χ0n) is 14.3. The number of aromatic nitrogens is 2. The van der Waals surface area contributed by atoms with Crippen LogP contribution in [0.4, 0.5) is 4.79 Å². The Morgan fingerprint density at radius 1 is 1.27 bits per heavy atom. The topological polar surface area (TPSA) is 55.3 Å². The fourth-order valence-corrected chi connectivity index (χ4v) is 2.61. The fourth-order valence-electron chi connectivity index (χ4n) is 2.61. The smallest absolute Gasteiger partial charge is 0.410 e. The van der Waals surface area contributed by atoms with E-state index < -0.39 is 5.60 Å². The molecular formula is C17H25N3O2. The Balaban J connectivity index is 2.19. The summed E-state index contributed by atoms with van der Waals surface area (Å²) >= 11 is 0. The molecule has 0 fully saturated rings. The molecule has 1 aliphatic rings. The molecule has 0 saturated heterocycles. The van der Waals surface area contributed by atoms with Crippen LogP contribution in [0.3, 0.4) is 0 Å². The molecule has 1 aliphatic heterocycles. The second-order valence-corrected chi connectivity index (χ2v) is 7.38. The molecule has 120 valence electrons. The number of carbonyl (C=O) groups excluding carboxylic acids is 1. The Hall–Kier alpha value is -1.91. The first-order chi connectivity index (χ1) is 10.1. The van der Waals surface area contributed by atoms with E-state index in [0.29, 0.717) is 13.1 Å². The highest BCUT2D eigenvalue weighted by Crippen LogP contribution is 2.37. The molecule has 0 saturated carbocycles. The molecule has 0 unspecified atom stereocenters. The summed E-state index contributed by atoms with van der Waals surface area (Å²) in [6.07, 6.45) is 5.50. The van der Waals surface area contributed by atoms with Crippen LogP contribution < -0.4 is 0 Å². The minimum absolute atomic E-state index is 0.173. The third kappa shape index (κ3) is 3.84. The van der Waals surface area contributed by atoms with Gasteiger partial charge in [-0.3, -0.25) is 0 Å². The van der Waals surface area contributed by atoms with Crippen LogP contribution in [0.1, 0.15) is 46.0 Å². The second-order valence-electron chi connectivity index (χ2n) is 7.38. The summed E-state index contributed by atoms with van der Waals surface area (Å²) < 4.78 is 5.46. The molecule has 0 radical (unpaired) electrons. The quantitative estimate of drug-likeness (QED) is 0.797. The SMILES string of the molecule is Cc1ncc(C2=CCN(C(=O)OC(C)(C)C)CC2(C)C)cn1. The van der Waals surface area contributed by atoms with Crippen molar-refractivity contribution in [3.05, 3.63) is 29.9 Å². The van der Waals surface area contributed by atoms with E-state index in [9.17, 15) is 4.79 Å². The van der Waals surface area contributed by atoms with E-state index in [2.05, 4.69) is 29.9 Å². The molecule has 1 aromatic rings. The van der Waals surface area contributed by atoms with Gasteiger partial charge in [-0.05, 0) is 33.3 Å². The summed E-state index contributed by atoms with van der Waals surface area (Å²) in [6, 6.07) is 0. The fraction of sp³-hybridized carbons (Fsp3) is 0.588. The molecule has 5 heteroatoms. The first-order valence-electron chi connectivity index (χ1n) is 7.56. The average Bonchev–Trinajstić information content (AvgIpc) is 2.37. The van der Waals surface area contributed by atoms with Crippen LogP contribution in [0, 0.1) is 12.3 Å². The molecular weight excluding hydrogens is 278 g/mol. The molecule has 1 amide bonds. The van der Waals surface area contributed by atoms with Gasteiger partial charge in [0, 0.05) is 36.5 Å². The first-order valence-corrected chi connectivity index (χ1v) is 7.56. The normalized spacial score (nSPS) is 17.9. The minimum Gasteiger partial charge on any atom is -0.444 e. The van der Waals surface area contributed by atoms with Gasteiger partial charge in [0.25, 0.3) is 0 Å². The van der Waals surface area contributed by atoms with Gasteiger partial charge in [0.15, 0.2) is 0 Å². The van der Waals surface area contributed by atoms with E-state index in [4.69, 9.17) is 4.74 Å². The largest absolute Gasteiger partial charge is 0.444 e. The molecule has 0 aromatic carbocycles. The van der Waals surface area contributed by atoms with Crippen molar-refractivity contribution in [2.45, 2.75) is 47.1 Å². The van der Waals surface area contributed by atoms with Gasteiger partial charge in [0.2, 0.25) is 0 Å². The van der Waals surface area contributed by atoms with Gasteiger partial charge < -0.3 is 9.64 Å². The van der Waals surface area contributed by atoms with Gasteiger partial charge in [-0.25, -0.2) is 14.8 Å². The van der Waals surface area contributed by atoms with Gasteiger partial charge in [0.1, 0.15) is 11.4 Å². The molecule has 0 bridgehead atoms. The summed E-state index contributed by atoms with van der Waals surface area (Å²) in [5.41, 5.74) is 1.54. The monoisotopic (exact) mass is 303 g/mol. The van der Waals surface area contributed by atoms with Crippen molar-refractivity contribution in [3.63, 3.8) is 0 Å². The third-order valence-corrected chi connectivity index (χ3v) is 3.57. The van der Waals surface area contributed by atoms with Crippen LogP contribution in [-0.2, 0) is 4.74 Å². The predicted octanol–water partition coefficient (Wildman–Crippen LogP) is 3.45. The molecule has 0 atom stereocenters. The standard InChI is InChI=1S/C17H25N3O2/c1-12-18-9-13(10-19-12)14-7-8-20(11-17(14,5)6)15(21)22-16(2,3)4/h7,9-10H,8,11H2,1-6H3. The van der Waals surface area contributed by atoms with E-state index in [-0.39, 0.29) is 11.5 Å². The van der Waals surface area contributed by atoms with Gasteiger partial charge in [-0.15, -0.1) is 0 Å². The molecule has 0 N–H and O–H groups in total. The number of carbonyl (C=O) groups is 1. The van der Waals surface area contributed by atoms with Crippen LogP contribution >= 0.6 is 0 Å². The van der Waals surface area contributed by atoms with Crippen molar-refractivity contribution in [1.29, 1.82) is 0 Å². The summed E-state index contributed by atoms with van der Waals surface area (Å²) in [6.45, 7) is 12.9. The zero-order chi connectivity index (χ0) is 16.5. The van der Waals surface area contributed by atoms with Crippen LogP contribution in [0.2, 0.25) is 0 Å². The first kappa shape index (κ1) is 16.5. The molecule has 22 heavy (non-hydrogen) atoms. The summed E-state index contributed by atoms with van der Waals surface area (Å²) in [5.74, 6) is 0.758.